The summed E-state index contributed by atoms with van der Waals surface area (Å²) < 4.78 is 5.31. The lowest BCUT2D eigenvalue weighted by Crippen LogP contribution is -2.22. The molecule has 3 N–H and O–H groups in total. The van der Waals surface area contributed by atoms with Gasteiger partial charge >= 0.3 is 0 Å². The van der Waals surface area contributed by atoms with Gasteiger partial charge in [-0.15, -0.1) is 0 Å². The molecule has 1 unspecified atom stereocenters. The maximum absolute atomic E-state index is 9.18. The number of aliphatic hydroxyl groups is 2. The van der Waals surface area contributed by atoms with E-state index >= 15 is 0 Å². The first-order valence-electron chi connectivity index (χ1n) is 5.96. The highest BCUT2D eigenvalue weighted by molar-refractivity contribution is 6.32. The van der Waals surface area contributed by atoms with Crippen molar-refractivity contribution in [3.05, 3.63) is 28.8 Å². The minimum atomic E-state index is -0.886. The van der Waals surface area contributed by atoms with Crippen LogP contribution in [0.15, 0.2) is 18.2 Å². The molecule has 0 bridgehead atoms. The van der Waals surface area contributed by atoms with E-state index in [2.05, 4.69) is 19.2 Å². The van der Waals surface area contributed by atoms with E-state index in [4.69, 9.17) is 21.4 Å². The van der Waals surface area contributed by atoms with Crippen molar-refractivity contribution in [3.8, 4) is 5.75 Å². The van der Waals surface area contributed by atoms with Crippen molar-refractivity contribution in [1.29, 1.82) is 0 Å². The van der Waals surface area contributed by atoms with Gasteiger partial charge in [-0.1, -0.05) is 31.5 Å². The van der Waals surface area contributed by atoms with Crippen LogP contribution in [0.3, 0.4) is 0 Å². The monoisotopic (exact) mass is 273 g/mol. The molecule has 0 amide bonds. The minimum absolute atomic E-state index is 0.0276. The molecule has 0 aliphatic rings. The molecule has 0 aromatic heterocycles. The number of rotatable bonds is 7. The topological polar surface area (TPSA) is 61.7 Å². The molecule has 5 heteroatoms. The maximum atomic E-state index is 9.18. The maximum Gasteiger partial charge on any atom is 0.138 e. The molecule has 0 radical (unpaired) electrons. The number of benzene rings is 1. The van der Waals surface area contributed by atoms with E-state index in [1.807, 2.05) is 12.1 Å². The second-order valence-electron chi connectivity index (χ2n) is 4.45. The van der Waals surface area contributed by atoms with Crippen molar-refractivity contribution in [1.82, 2.24) is 5.32 Å². The van der Waals surface area contributed by atoms with Crippen LogP contribution in [0.2, 0.25) is 5.02 Å². The quantitative estimate of drug-likeness (QED) is 0.706. The Balaban J connectivity index is 2.56. The molecule has 4 nitrogen and oxygen atoms in total. The van der Waals surface area contributed by atoms with Crippen molar-refractivity contribution in [3.63, 3.8) is 0 Å². The first-order valence-corrected chi connectivity index (χ1v) is 6.34. The Morgan fingerprint density at radius 1 is 1.39 bits per heavy atom. The van der Waals surface area contributed by atoms with Crippen LogP contribution in [-0.4, -0.2) is 35.6 Å². The number of aliphatic hydroxyl groups excluding tert-OH is 2. The van der Waals surface area contributed by atoms with Gasteiger partial charge in [0.25, 0.3) is 0 Å². The van der Waals surface area contributed by atoms with Crippen LogP contribution < -0.4 is 10.1 Å². The van der Waals surface area contributed by atoms with Gasteiger partial charge < -0.3 is 20.3 Å². The summed E-state index contributed by atoms with van der Waals surface area (Å²) in [5.74, 6) is 0.512. The smallest absolute Gasteiger partial charge is 0.138 e. The van der Waals surface area contributed by atoms with Gasteiger partial charge in [-0.2, -0.15) is 0 Å². The van der Waals surface area contributed by atoms with Gasteiger partial charge in [0.1, 0.15) is 18.5 Å². The Morgan fingerprint density at radius 2 is 2.11 bits per heavy atom. The molecule has 0 aliphatic heterocycles. The molecule has 18 heavy (non-hydrogen) atoms. The average Bonchev–Trinajstić information content (AvgIpc) is 2.34. The molecule has 0 heterocycles. The van der Waals surface area contributed by atoms with Crippen LogP contribution in [0.1, 0.15) is 19.4 Å². The van der Waals surface area contributed by atoms with E-state index in [1.165, 1.54) is 0 Å². The highest BCUT2D eigenvalue weighted by Crippen LogP contribution is 2.25. The molecule has 0 spiro atoms. The summed E-state index contributed by atoms with van der Waals surface area (Å²) in [5.41, 5.74) is 1.07. The molecular formula is C13H20ClNO3. The molecule has 102 valence electrons. The van der Waals surface area contributed by atoms with Crippen molar-refractivity contribution in [2.24, 2.45) is 0 Å². The Morgan fingerprint density at radius 3 is 2.67 bits per heavy atom. The molecular weight excluding hydrogens is 254 g/mol. The number of nitrogens with one attached hydrogen (secondary N) is 1. The number of ether oxygens (including phenoxy) is 1. The summed E-state index contributed by atoms with van der Waals surface area (Å²) in [5, 5.41) is 21.7. The Bertz CT molecular complexity index is 371. The lowest BCUT2D eigenvalue weighted by atomic mass is 10.2. The third kappa shape index (κ3) is 5.23. The van der Waals surface area contributed by atoms with Gasteiger partial charge in [-0.25, -0.2) is 0 Å². The molecule has 0 saturated heterocycles. The molecule has 1 aromatic rings. The van der Waals surface area contributed by atoms with E-state index in [0.29, 0.717) is 16.8 Å². The van der Waals surface area contributed by atoms with Crippen LogP contribution in [0.5, 0.6) is 5.75 Å². The second-order valence-corrected chi connectivity index (χ2v) is 4.85. The van der Waals surface area contributed by atoms with Gasteiger partial charge in [0.05, 0.1) is 11.6 Å². The van der Waals surface area contributed by atoms with Gasteiger partial charge in [-0.3, -0.25) is 0 Å². The predicted octanol–water partition coefficient (Wildman–Crippen LogP) is 1.57. The van der Waals surface area contributed by atoms with E-state index in [1.54, 1.807) is 6.07 Å². The van der Waals surface area contributed by atoms with E-state index in [0.717, 1.165) is 12.1 Å². The van der Waals surface area contributed by atoms with Gasteiger partial charge in [0.2, 0.25) is 0 Å². The summed E-state index contributed by atoms with van der Waals surface area (Å²) in [6, 6.07) is 5.93. The van der Waals surface area contributed by atoms with Crippen LogP contribution in [0, 0.1) is 0 Å². The van der Waals surface area contributed by atoms with Crippen LogP contribution >= 0.6 is 11.6 Å². The largest absolute Gasteiger partial charge is 0.489 e. The van der Waals surface area contributed by atoms with Crippen molar-refractivity contribution in [2.45, 2.75) is 32.5 Å². The normalized spacial score (nSPS) is 12.8. The third-order valence-electron chi connectivity index (χ3n) is 2.35. The fourth-order valence-electron chi connectivity index (χ4n) is 1.33. The lowest BCUT2D eigenvalue weighted by Gasteiger charge is -2.13. The fourth-order valence-corrected chi connectivity index (χ4v) is 1.59. The van der Waals surface area contributed by atoms with E-state index in [9.17, 15) is 5.11 Å². The summed E-state index contributed by atoms with van der Waals surface area (Å²) in [6.45, 7) is 4.61. The highest BCUT2D eigenvalue weighted by Gasteiger charge is 2.07. The first kappa shape index (κ1) is 15.2. The SMILES string of the molecule is CC(C)NCc1ccc(OCC(O)CO)c(Cl)c1. The molecule has 0 fully saturated rings. The summed E-state index contributed by atoms with van der Waals surface area (Å²) in [7, 11) is 0. The van der Waals surface area contributed by atoms with Gasteiger partial charge in [0, 0.05) is 12.6 Å². The first-order chi connectivity index (χ1) is 8.52. The molecule has 0 saturated carbocycles. The summed E-state index contributed by atoms with van der Waals surface area (Å²) >= 11 is 6.07. The third-order valence-corrected chi connectivity index (χ3v) is 2.65. The predicted molar refractivity (Wildman–Crippen MR) is 72.0 cm³/mol. The van der Waals surface area contributed by atoms with Gasteiger partial charge in [0.15, 0.2) is 0 Å². The van der Waals surface area contributed by atoms with Crippen LogP contribution in [-0.2, 0) is 6.54 Å². The Kier molecular flexibility index (Phi) is 6.43. The van der Waals surface area contributed by atoms with Crippen molar-refractivity contribution in [2.75, 3.05) is 13.2 Å². The van der Waals surface area contributed by atoms with E-state index < -0.39 is 6.10 Å². The molecule has 1 rings (SSSR count). The Hall–Kier alpha value is -0.810. The highest BCUT2D eigenvalue weighted by atomic mass is 35.5. The fraction of sp³-hybridized carbons (Fsp3) is 0.538. The summed E-state index contributed by atoms with van der Waals surface area (Å²) in [6.07, 6.45) is -0.886. The van der Waals surface area contributed by atoms with E-state index in [-0.39, 0.29) is 13.2 Å². The second kappa shape index (κ2) is 7.59. The number of halogens is 1. The minimum Gasteiger partial charge on any atom is -0.489 e. The molecule has 1 atom stereocenters. The molecule has 1 aromatic carbocycles. The number of hydrogen-bond acceptors (Lipinski definition) is 4. The van der Waals surface area contributed by atoms with Crippen LogP contribution in [0.4, 0.5) is 0 Å². The Labute approximate surface area is 113 Å². The zero-order valence-electron chi connectivity index (χ0n) is 10.7. The van der Waals surface area contributed by atoms with Crippen molar-refractivity contribution < 1.29 is 14.9 Å². The lowest BCUT2D eigenvalue weighted by molar-refractivity contribution is 0.0536. The average molecular weight is 274 g/mol. The number of hydrogen-bond donors (Lipinski definition) is 3. The molecule has 0 aliphatic carbocycles. The van der Waals surface area contributed by atoms with Gasteiger partial charge in [-0.05, 0) is 17.7 Å². The van der Waals surface area contributed by atoms with Crippen molar-refractivity contribution >= 4 is 11.6 Å². The zero-order valence-corrected chi connectivity index (χ0v) is 11.4. The van der Waals surface area contributed by atoms with Crippen LogP contribution in [0.25, 0.3) is 0 Å². The zero-order chi connectivity index (χ0) is 13.5. The standard InChI is InChI=1S/C13H20ClNO3/c1-9(2)15-6-10-3-4-13(12(14)5-10)18-8-11(17)7-16/h3-5,9,11,15-17H,6-8H2,1-2H3. The summed E-state index contributed by atoms with van der Waals surface area (Å²) in [4.78, 5) is 0.